The molecule has 1 aliphatic heterocycles. The summed E-state index contributed by atoms with van der Waals surface area (Å²) in [5.74, 6) is -0.228. The molecular formula is C32H47N3O6. The van der Waals surface area contributed by atoms with Crippen molar-refractivity contribution in [1.29, 1.82) is 0 Å². The van der Waals surface area contributed by atoms with E-state index in [0.29, 0.717) is 29.0 Å². The second-order valence-electron chi connectivity index (χ2n) is 14.7. The molecule has 9 heteroatoms. The lowest BCUT2D eigenvalue weighted by Gasteiger charge is -2.46. The van der Waals surface area contributed by atoms with Gasteiger partial charge < -0.3 is 23.7 Å². The van der Waals surface area contributed by atoms with E-state index in [0.717, 1.165) is 24.1 Å². The van der Waals surface area contributed by atoms with Crippen LogP contribution in [0.15, 0.2) is 16.5 Å². The number of fused-ring (bicyclic) bond motifs is 1. The molecule has 1 aliphatic carbocycles. The first-order valence-corrected chi connectivity index (χ1v) is 14.7. The van der Waals surface area contributed by atoms with Crippen LogP contribution in [0.5, 0.6) is 0 Å². The molecule has 2 fully saturated rings. The predicted molar refractivity (Wildman–Crippen MR) is 157 cm³/mol. The first-order chi connectivity index (χ1) is 18.8. The zero-order valence-electron chi connectivity index (χ0n) is 26.5. The van der Waals surface area contributed by atoms with Crippen LogP contribution in [0.25, 0.3) is 11.1 Å². The van der Waals surface area contributed by atoms with Gasteiger partial charge in [0.05, 0.1) is 12.6 Å². The molecule has 0 atom stereocenters. The van der Waals surface area contributed by atoms with Gasteiger partial charge in [-0.05, 0) is 70.3 Å². The van der Waals surface area contributed by atoms with Gasteiger partial charge in [-0.2, -0.15) is 0 Å². The number of ether oxygens (including phenoxy) is 2. The molecule has 0 aromatic carbocycles. The lowest BCUT2D eigenvalue weighted by Crippen LogP contribution is -2.62. The van der Waals surface area contributed by atoms with Crippen LogP contribution >= 0.6 is 0 Å². The highest BCUT2D eigenvalue weighted by molar-refractivity contribution is 5.96. The van der Waals surface area contributed by atoms with E-state index in [1.165, 1.54) is 38.7 Å². The quantitative estimate of drug-likeness (QED) is 0.391. The van der Waals surface area contributed by atoms with Gasteiger partial charge in [-0.3, -0.25) is 4.79 Å². The number of nitrogens with zero attached hydrogens (tertiary/aromatic N) is 3. The molecular weight excluding hydrogens is 522 g/mol. The molecule has 0 N–H and O–H groups in total. The maximum absolute atomic E-state index is 13.8. The average Bonchev–Trinajstić information content (AvgIpc) is 3.30. The highest BCUT2D eigenvalue weighted by Gasteiger charge is 2.43. The fourth-order valence-corrected chi connectivity index (χ4v) is 6.00. The van der Waals surface area contributed by atoms with Gasteiger partial charge in [0.2, 0.25) is 5.60 Å². The van der Waals surface area contributed by atoms with Crippen LogP contribution < -0.4 is 0 Å². The predicted octanol–water partition coefficient (Wildman–Crippen LogP) is 6.43. The third-order valence-corrected chi connectivity index (χ3v) is 8.70. The maximum atomic E-state index is 13.8. The highest BCUT2D eigenvalue weighted by atomic mass is 16.6. The van der Waals surface area contributed by atoms with Crippen molar-refractivity contribution < 1.29 is 28.3 Å². The number of hydrogen-bond acceptors (Lipinski definition) is 7. The van der Waals surface area contributed by atoms with E-state index in [1.807, 2.05) is 13.8 Å². The number of carbonyl (C=O) groups excluding carboxylic acids is 3. The van der Waals surface area contributed by atoms with Crippen molar-refractivity contribution in [2.24, 2.45) is 5.41 Å². The van der Waals surface area contributed by atoms with Crippen LogP contribution in [0.3, 0.4) is 0 Å². The van der Waals surface area contributed by atoms with Crippen LogP contribution in [0.2, 0.25) is 0 Å². The SMILES string of the molecule is COC(=O)C(C)(C)OC(=O)N1CCN(C(=O)c2cc3nc(C4CCC(C)(C)CC4)cc(C(C)(C)C)c3o2)C(C)(C)C1. The van der Waals surface area contributed by atoms with Crippen LogP contribution in [-0.2, 0) is 19.7 Å². The number of amides is 2. The molecule has 0 spiro atoms. The Balaban J connectivity index is 1.57. The van der Waals surface area contributed by atoms with Gasteiger partial charge in [0, 0.05) is 42.9 Å². The monoisotopic (exact) mass is 569 g/mol. The summed E-state index contributed by atoms with van der Waals surface area (Å²) >= 11 is 0. The van der Waals surface area contributed by atoms with Crippen molar-refractivity contribution in [2.75, 3.05) is 26.7 Å². The van der Waals surface area contributed by atoms with Crippen molar-refractivity contribution in [1.82, 2.24) is 14.8 Å². The van der Waals surface area contributed by atoms with Crippen molar-refractivity contribution in [3.63, 3.8) is 0 Å². The van der Waals surface area contributed by atoms with Crippen molar-refractivity contribution in [3.05, 3.63) is 29.2 Å². The highest BCUT2D eigenvalue weighted by Crippen LogP contribution is 2.43. The molecule has 2 aliphatic rings. The molecule has 0 radical (unpaired) electrons. The largest absolute Gasteiger partial charge is 0.466 e. The van der Waals surface area contributed by atoms with Crippen LogP contribution in [0.4, 0.5) is 4.79 Å². The van der Waals surface area contributed by atoms with Gasteiger partial charge in [-0.1, -0.05) is 34.6 Å². The molecule has 2 amide bonds. The average molecular weight is 570 g/mol. The van der Waals surface area contributed by atoms with Crippen molar-refractivity contribution in [2.45, 2.75) is 110 Å². The number of furan rings is 1. The first-order valence-electron chi connectivity index (χ1n) is 14.7. The van der Waals surface area contributed by atoms with E-state index in [-0.39, 0.29) is 30.2 Å². The standard InChI is InChI=1S/C32H47N3O6/c1-29(2,3)21-17-22(20-11-13-30(4,5)14-12-20)33-23-18-24(40-25(21)23)26(36)35-16-15-34(19-31(35,6)7)28(38)41-32(8,9)27(37)39-10/h17-18,20H,11-16,19H2,1-10H3. The van der Waals surface area contributed by atoms with Gasteiger partial charge >= 0.3 is 12.1 Å². The zero-order chi connectivity index (χ0) is 30.5. The number of aromatic nitrogens is 1. The van der Waals surface area contributed by atoms with Gasteiger partial charge in [0.1, 0.15) is 5.52 Å². The Labute approximate surface area is 243 Å². The molecule has 9 nitrogen and oxygen atoms in total. The Bertz CT molecular complexity index is 1320. The summed E-state index contributed by atoms with van der Waals surface area (Å²) in [5.41, 5.74) is 1.57. The van der Waals surface area contributed by atoms with Gasteiger partial charge in [-0.25, -0.2) is 14.6 Å². The first kappa shape index (κ1) is 30.8. The third-order valence-electron chi connectivity index (χ3n) is 8.70. The number of methoxy groups -OCH3 is 1. The summed E-state index contributed by atoms with van der Waals surface area (Å²) in [6, 6.07) is 3.96. The summed E-state index contributed by atoms with van der Waals surface area (Å²) in [4.78, 5) is 47.0. The van der Waals surface area contributed by atoms with Gasteiger partial charge in [0.25, 0.3) is 5.91 Å². The fraction of sp³-hybridized carbons (Fsp3) is 0.688. The normalized spacial score (nSPS) is 19.8. The maximum Gasteiger partial charge on any atom is 0.411 e. The van der Waals surface area contributed by atoms with Gasteiger partial charge in [-0.15, -0.1) is 0 Å². The van der Waals surface area contributed by atoms with E-state index in [1.54, 1.807) is 11.0 Å². The molecule has 41 heavy (non-hydrogen) atoms. The van der Waals surface area contributed by atoms with E-state index in [2.05, 4.69) is 40.7 Å². The second-order valence-corrected chi connectivity index (χ2v) is 14.7. The number of piperazine rings is 1. The Kier molecular flexibility index (Phi) is 8.00. The van der Waals surface area contributed by atoms with E-state index in [9.17, 15) is 14.4 Å². The summed E-state index contributed by atoms with van der Waals surface area (Å²) in [6.45, 7) is 18.7. The lowest BCUT2D eigenvalue weighted by molar-refractivity contribution is -0.160. The van der Waals surface area contributed by atoms with Crippen molar-refractivity contribution >= 4 is 29.1 Å². The smallest absolute Gasteiger partial charge is 0.411 e. The molecule has 1 saturated heterocycles. The molecule has 226 valence electrons. The topological polar surface area (TPSA) is 102 Å². The fourth-order valence-electron chi connectivity index (χ4n) is 6.00. The Morgan fingerprint density at radius 1 is 1.00 bits per heavy atom. The van der Waals surface area contributed by atoms with Crippen LogP contribution in [-0.4, -0.2) is 70.6 Å². The number of hydrogen-bond donors (Lipinski definition) is 0. The molecule has 2 aromatic rings. The Morgan fingerprint density at radius 2 is 1.63 bits per heavy atom. The molecule has 0 bridgehead atoms. The summed E-state index contributed by atoms with van der Waals surface area (Å²) in [7, 11) is 1.25. The molecule has 0 unspecified atom stereocenters. The minimum absolute atomic E-state index is 0.189. The summed E-state index contributed by atoms with van der Waals surface area (Å²) < 4.78 is 16.5. The number of esters is 1. The lowest BCUT2D eigenvalue weighted by atomic mass is 9.72. The number of carbonyl (C=O) groups is 3. The van der Waals surface area contributed by atoms with Gasteiger partial charge in [0.15, 0.2) is 11.3 Å². The zero-order valence-corrected chi connectivity index (χ0v) is 26.5. The van der Waals surface area contributed by atoms with Crippen LogP contribution in [0, 0.1) is 5.41 Å². The van der Waals surface area contributed by atoms with E-state index < -0.39 is 23.2 Å². The summed E-state index contributed by atoms with van der Waals surface area (Å²) in [5, 5.41) is 0. The molecule has 2 aromatic heterocycles. The minimum atomic E-state index is -1.42. The number of rotatable bonds is 4. The minimum Gasteiger partial charge on any atom is -0.466 e. The molecule has 1 saturated carbocycles. The van der Waals surface area contributed by atoms with E-state index in [4.69, 9.17) is 18.9 Å². The number of pyridine rings is 1. The van der Waals surface area contributed by atoms with E-state index >= 15 is 0 Å². The molecule has 3 heterocycles. The molecule has 4 rings (SSSR count). The second kappa shape index (κ2) is 10.6. The Morgan fingerprint density at radius 3 is 2.20 bits per heavy atom. The third kappa shape index (κ3) is 6.38. The van der Waals surface area contributed by atoms with Crippen molar-refractivity contribution in [3.8, 4) is 0 Å². The summed E-state index contributed by atoms with van der Waals surface area (Å²) in [6.07, 6.45) is 3.94. The van der Waals surface area contributed by atoms with Crippen LogP contribution in [0.1, 0.15) is 116 Å². The Hall–Kier alpha value is -3.10.